The molecule has 19 heavy (non-hydrogen) atoms. The molecule has 100 valence electrons. The van der Waals surface area contributed by atoms with E-state index in [2.05, 4.69) is 16.7 Å². The predicted molar refractivity (Wildman–Crippen MR) is 74.9 cm³/mol. The molecule has 1 amide bonds. The SMILES string of the molecule is CNC1C(=O)Nc2cc(N(C)CC(C)C#N)ccc21. The van der Waals surface area contributed by atoms with E-state index in [1.54, 1.807) is 7.05 Å². The number of benzene rings is 1. The summed E-state index contributed by atoms with van der Waals surface area (Å²) in [5.41, 5.74) is 2.81. The van der Waals surface area contributed by atoms with Crippen LogP contribution in [0.25, 0.3) is 0 Å². The van der Waals surface area contributed by atoms with Crippen molar-refractivity contribution in [3.8, 4) is 6.07 Å². The Morgan fingerprint density at radius 1 is 1.58 bits per heavy atom. The summed E-state index contributed by atoms with van der Waals surface area (Å²) in [6, 6.07) is 7.84. The molecular weight excluding hydrogens is 240 g/mol. The van der Waals surface area contributed by atoms with E-state index >= 15 is 0 Å². The Balaban J connectivity index is 2.22. The van der Waals surface area contributed by atoms with Gasteiger partial charge in [-0.3, -0.25) is 4.79 Å². The maximum absolute atomic E-state index is 11.7. The van der Waals surface area contributed by atoms with E-state index in [-0.39, 0.29) is 17.9 Å². The fourth-order valence-electron chi connectivity index (χ4n) is 2.33. The zero-order valence-corrected chi connectivity index (χ0v) is 11.4. The first-order valence-corrected chi connectivity index (χ1v) is 6.29. The van der Waals surface area contributed by atoms with Crippen LogP contribution in [0.3, 0.4) is 0 Å². The topological polar surface area (TPSA) is 68.2 Å². The van der Waals surface area contributed by atoms with Crippen molar-refractivity contribution in [1.82, 2.24) is 5.32 Å². The maximum Gasteiger partial charge on any atom is 0.246 e. The Bertz CT molecular complexity index is 535. The average Bonchev–Trinajstić information content (AvgIpc) is 2.72. The molecule has 0 saturated heterocycles. The molecule has 2 N–H and O–H groups in total. The number of carbonyl (C=O) groups excluding carboxylic acids is 1. The summed E-state index contributed by atoms with van der Waals surface area (Å²) in [6.45, 7) is 2.56. The fraction of sp³-hybridized carbons (Fsp3) is 0.429. The number of hydrogen-bond donors (Lipinski definition) is 2. The average molecular weight is 258 g/mol. The van der Waals surface area contributed by atoms with Crippen LogP contribution in [0.15, 0.2) is 18.2 Å². The molecule has 2 atom stereocenters. The van der Waals surface area contributed by atoms with Gasteiger partial charge in [-0.05, 0) is 26.1 Å². The second kappa shape index (κ2) is 5.29. The summed E-state index contributed by atoms with van der Waals surface area (Å²) in [6.07, 6.45) is 0. The van der Waals surface area contributed by atoms with Gasteiger partial charge in [0.05, 0.1) is 12.0 Å². The molecule has 0 aromatic heterocycles. The van der Waals surface area contributed by atoms with Crippen LogP contribution < -0.4 is 15.5 Å². The van der Waals surface area contributed by atoms with Gasteiger partial charge in [0.2, 0.25) is 5.91 Å². The lowest BCUT2D eigenvalue weighted by Crippen LogP contribution is -2.23. The van der Waals surface area contributed by atoms with E-state index in [9.17, 15) is 4.79 Å². The minimum Gasteiger partial charge on any atom is -0.373 e. The van der Waals surface area contributed by atoms with Gasteiger partial charge >= 0.3 is 0 Å². The van der Waals surface area contributed by atoms with Crippen LogP contribution in [0.5, 0.6) is 0 Å². The number of carbonyl (C=O) groups is 1. The van der Waals surface area contributed by atoms with Gasteiger partial charge < -0.3 is 15.5 Å². The summed E-state index contributed by atoms with van der Waals surface area (Å²) in [4.78, 5) is 13.8. The number of nitrogens with one attached hydrogen (secondary N) is 2. The second-order valence-electron chi connectivity index (χ2n) is 4.89. The first-order chi connectivity index (χ1) is 9.06. The minimum absolute atomic E-state index is 0.0253. The molecule has 0 saturated carbocycles. The van der Waals surface area contributed by atoms with Gasteiger partial charge in [0.25, 0.3) is 0 Å². The van der Waals surface area contributed by atoms with Gasteiger partial charge in [-0.15, -0.1) is 0 Å². The standard InChI is InChI=1S/C14H18N4O/c1-9(7-15)8-18(3)10-4-5-11-12(6-10)17-14(19)13(11)16-2/h4-6,9,13,16H,8H2,1-3H3,(H,17,19). The largest absolute Gasteiger partial charge is 0.373 e. The fourth-order valence-corrected chi connectivity index (χ4v) is 2.33. The van der Waals surface area contributed by atoms with Crippen LogP contribution in [0.4, 0.5) is 11.4 Å². The zero-order valence-electron chi connectivity index (χ0n) is 11.4. The van der Waals surface area contributed by atoms with E-state index in [1.807, 2.05) is 37.1 Å². The summed E-state index contributed by atoms with van der Waals surface area (Å²) >= 11 is 0. The van der Waals surface area contributed by atoms with Crippen molar-refractivity contribution in [2.24, 2.45) is 5.92 Å². The highest BCUT2D eigenvalue weighted by Crippen LogP contribution is 2.33. The molecule has 5 nitrogen and oxygen atoms in total. The van der Waals surface area contributed by atoms with Crippen molar-refractivity contribution in [2.75, 3.05) is 30.9 Å². The van der Waals surface area contributed by atoms with E-state index in [0.717, 1.165) is 16.9 Å². The number of fused-ring (bicyclic) bond motifs is 1. The molecular formula is C14H18N4O. The van der Waals surface area contributed by atoms with Crippen molar-refractivity contribution in [3.63, 3.8) is 0 Å². The molecule has 1 aliphatic rings. The molecule has 1 aromatic carbocycles. The van der Waals surface area contributed by atoms with E-state index in [4.69, 9.17) is 5.26 Å². The van der Waals surface area contributed by atoms with E-state index in [1.165, 1.54) is 0 Å². The molecule has 1 aromatic rings. The first kappa shape index (κ1) is 13.4. The van der Waals surface area contributed by atoms with Gasteiger partial charge in [-0.25, -0.2) is 0 Å². The van der Waals surface area contributed by atoms with Crippen molar-refractivity contribution < 1.29 is 4.79 Å². The number of nitriles is 1. The first-order valence-electron chi connectivity index (χ1n) is 6.29. The van der Waals surface area contributed by atoms with Crippen molar-refractivity contribution in [2.45, 2.75) is 13.0 Å². The van der Waals surface area contributed by atoms with Crippen LogP contribution in [0.1, 0.15) is 18.5 Å². The molecule has 0 fully saturated rings. The number of amides is 1. The molecule has 1 aliphatic heterocycles. The van der Waals surface area contributed by atoms with E-state index in [0.29, 0.717) is 6.54 Å². The highest BCUT2D eigenvalue weighted by Gasteiger charge is 2.29. The van der Waals surface area contributed by atoms with Crippen LogP contribution >= 0.6 is 0 Å². The monoisotopic (exact) mass is 258 g/mol. The van der Waals surface area contributed by atoms with Crippen LogP contribution in [-0.4, -0.2) is 26.5 Å². The van der Waals surface area contributed by atoms with Gasteiger partial charge in [-0.1, -0.05) is 6.07 Å². The predicted octanol–water partition coefficient (Wildman–Crippen LogP) is 1.50. The normalized spacial score (nSPS) is 18.4. The molecule has 0 bridgehead atoms. The maximum atomic E-state index is 11.7. The minimum atomic E-state index is -0.271. The number of nitrogens with zero attached hydrogens (tertiary/aromatic N) is 2. The van der Waals surface area contributed by atoms with Crippen LogP contribution in [-0.2, 0) is 4.79 Å². The summed E-state index contributed by atoms with van der Waals surface area (Å²) in [5, 5.41) is 14.7. The smallest absolute Gasteiger partial charge is 0.246 e. The Morgan fingerprint density at radius 2 is 2.32 bits per heavy atom. The Morgan fingerprint density at radius 3 is 2.95 bits per heavy atom. The highest BCUT2D eigenvalue weighted by molar-refractivity contribution is 6.03. The summed E-state index contributed by atoms with van der Waals surface area (Å²) in [7, 11) is 3.72. The summed E-state index contributed by atoms with van der Waals surface area (Å²) in [5.74, 6) is -0.0550. The number of rotatable bonds is 4. The second-order valence-corrected chi connectivity index (χ2v) is 4.89. The molecule has 0 spiro atoms. The molecule has 2 rings (SSSR count). The molecule has 0 aliphatic carbocycles. The Labute approximate surface area is 113 Å². The molecule has 1 heterocycles. The lowest BCUT2D eigenvalue weighted by molar-refractivity contribution is -0.117. The third kappa shape index (κ3) is 2.54. The van der Waals surface area contributed by atoms with Crippen LogP contribution in [0.2, 0.25) is 0 Å². The van der Waals surface area contributed by atoms with E-state index < -0.39 is 0 Å². The lowest BCUT2D eigenvalue weighted by atomic mass is 10.1. The number of likely N-dealkylation sites (N-methyl/N-ethyl adjacent to an activating group) is 1. The highest BCUT2D eigenvalue weighted by atomic mass is 16.2. The number of anilines is 2. The van der Waals surface area contributed by atoms with Crippen LogP contribution in [0, 0.1) is 17.2 Å². The quantitative estimate of drug-likeness (QED) is 0.858. The van der Waals surface area contributed by atoms with Gasteiger partial charge in [0.1, 0.15) is 6.04 Å². The lowest BCUT2D eigenvalue weighted by Gasteiger charge is -2.21. The molecule has 5 heteroatoms. The van der Waals surface area contributed by atoms with Gasteiger partial charge in [0.15, 0.2) is 0 Å². The van der Waals surface area contributed by atoms with Crippen molar-refractivity contribution in [3.05, 3.63) is 23.8 Å². The Hall–Kier alpha value is -2.06. The molecule has 0 radical (unpaired) electrons. The third-order valence-corrected chi connectivity index (χ3v) is 3.37. The van der Waals surface area contributed by atoms with Crippen molar-refractivity contribution in [1.29, 1.82) is 5.26 Å². The number of hydrogen-bond acceptors (Lipinski definition) is 4. The summed E-state index contributed by atoms with van der Waals surface area (Å²) < 4.78 is 0. The molecule has 2 unspecified atom stereocenters. The van der Waals surface area contributed by atoms with Crippen molar-refractivity contribution >= 4 is 17.3 Å². The zero-order chi connectivity index (χ0) is 14.0. The van der Waals surface area contributed by atoms with Gasteiger partial charge in [0, 0.05) is 30.5 Å². The Kier molecular flexibility index (Phi) is 3.72. The third-order valence-electron chi connectivity index (χ3n) is 3.37. The van der Waals surface area contributed by atoms with Gasteiger partial charge in [-0.2, -0.15) is 5.26 Å².